The Kier molecular flexibility index (Phi) is 2.11. The number of fused-ring (bicyclic) bond motifs is 1. The van der Waals surface area contributed by atoms with E-state index < -0.39 is 0 Å². The van der Waals surface area contributed by atoms with Gasteiger partial charge >= 0.3 is 0 Å². The number of benzene rings is 1. The third-order valence-corrected chi connectivity index (χ3v) is 2.65. The fraction of sp³-hybridized carbons (Fsp3) is 0.167. The van der Waals surface area contributed by atoms with Gasteiger partial charge < -0.3 is 10.7 Å². The molecule has 0 aliphatic rings. The normalized spacial score (nSPS) is 11.1. The first-order valence-corrected chi connectivity index (χ1v) is 5.44. The number of aryl methyl sites for hydroxylation is 1. The van der Waals surface area contributed by atoms with Crippen LogP contribution >= 0.6 is 0 Å². The topological polar surface area (TPSA) is 72.5 Å². The van der Waals surface area contributed by atoms with Crippen LogP contribution in [0.25, 0.3) is 11.0 Å². The molecule has 2 heterocycles. The second-order valence-corrected chi connectivity index (χ2v) is 4.18. The van der Waals surface area contributed by atoms with E-state index >= 15 is 0 Å². The van der Waals surface area contributed by atoms with E-state index in [0.29, 0.717) is 12.2 Å². The molecule has 0 fully saturated rings. The van der Waals surface area contributed by atoms with Gasteiger partial charge in [-0.15, -0.1) is 0 Å². The van der Waals surface area contributed by atoms with Gasteiger partial charge in [0.2, 0.25) is 0 Å². The van der Waals surface area contributed by atoms with Crippen LogP contribution in [-0.2, 0) is 6.54 Å². The van der Waals surface area contributed by atoms with Gasteiger partial charge in [0.1, 0.15) is 5.82 Å². The van der Waals surface area contributed by atoms with Crippen molar-refractivity contribution in [3.05, 3.63) is 42.0 Å². The van der Waals surface area contributed by atoms with E-state index in [-0.39, 0.29) is 0 Å². The molecule has 3 aromatic rings. The van der Waals surface area contributed by atoms with E-state index in [2.05, 4.69) is 34.1 Å². The van der Waals surface area contributed by atoms with Crippen molar-refractivity contribution in [1.29, 1.82) is 0 Å². The smallest absolute Gasteiger partial charge is 0.129 e. The van der Waals surface area contributed by atoms with E-state index in [0.717, 1.165) is 16.9 Å². The molecule has 0 saturated carbocycles. The molecule has 0 bridgehead atoms. The maximum Gasteiger partial charge on any atom is 0.129 e. The molecule has 5 nitrogen and oxygen atoms in total. The molecular weight excluding hydrogens is 214 g/mol. The zero-order valence-electron chi connectivity index (χ0n) is 9.51. The number of imidazole rings is 1. The highest BCUT2D eigenvalue weighted by molar-refractivity contribution is 5.75. The molecule has 0 saturated heterocycles. The molecule has 0 aliphatic heterocycles. The van der Waals surface area contributed by atoms with Crippen LogP contribution in [-0.4, -0.2) is 19.7 Å². The van der Waals surface area contributed by atoms with Gasteiger partial charge in [-0.1, -0.05) is 6.07 Å². The Hall–Kier alpha value is -2.30. The van der Waals surface area contributed by atoms with Gasteiger partial charge in [-0.25, -0.2) is 4.98 Å². The molecule has 0 radical (unpaired) electrons. The molecule has 17 heavy (non-hydrogen) atoms. The number of aromatic nitrogens is 4. The summed E-state index contributed by atoms with van der Waals surface area (Å²) in [6, 6.07) is 6.16. The minimum Gasteiger partial charge on any atom is -0.396 e. The summed E-state index contributed by atoms with van der Waals surface area (Å²) < 4.78 is 1.76. The summed E-state index contributed by atoms with van der Waals surface area (Å²) >= 11 is 0. The molecule has 0 amide bonds. The van der Waals surface area contributed by atoms with E-state index in [1.54, 1.807) is 17.1 Å². The molecule has 0 spiro atoms. The molecule has 3 rings (SSSR count). The van der Waals surface area contributed by atoms with Crippen LogP contribution in [0.3, 0.4) is 0 Å². The SMILES string of the molecule is Cc1ccc2nc(Cn3cc(N)cn3)[nH]c2c1. The number of nitrogen functional groups attached to an aromatic ring is 1. The van der Waals surface area contributed by atoms with Crippen LogP contribution in [0, 0.1) is 6.92 Å². The van der Waals surface area contributed by atoms with Gasteiger partial charge in [0.25, 0.3) is 0 Å². The first-order valence-electron chi connectivity index (χ1n) is 5.44. The zero-order valence-corrected chi connectivity index (χ0v) is 9.51. The van der Waals surface area contributed by atoms with Gasteiger partial charge in [-0.05, 0) is 24.6 Å². The first-order chi connectivity index (χ1) is 8.20. The van der Waals surface area contributed by atoms with E-state index in [4.69, 9.17) is 5.73 Å². The number of nitrogens with zero attached hydrogens (tertiary/aromatic N) is 3. The maximum atomic E-state index is 5.61. The van der Waals surface area contributed by atoms with Crippen LogP contribution in [0.15, 0.2) is 30.6 Å². The highest BCUT2D eigenvalue weighted by Crippen LogP contribution is 2.13. The minimum atomic E-state index is 0.602. The molecule has 1 aromatic carbocycles. The van der Waals surface area contributed by atoms with Crippen molar-refractivity contribution in [3.63, 3.8) is 0 Å². The first kappa shape index (κ1) is 9.89. The Morgan fingerprint density at radius 1 is 1.41 bits per heavy atom. The molecule has 2 aromatic heterocycles. The van der Waals surface area contributed by atoms with Gasteiger partial charge in [0, 0.05) is 6.20 Å². The Balaban J connectivity index is 1.95. The largest absolute Gasteiger partial charge is 0.396 e. The highest BCUT2D eigenvalue weighted by Gasteiger charge is 2.04. The highest BCUT2D eigenvalue weighted by atomic mass is 15.3. The van der Waals surface area contributed by atoms with E-state index in [9.17, 15) is 0 Å². The van der Waals surface area contributed by atoms with Gasteiger partial charge in [0.05, 0.1) is 29.5 Å². The second-order valence-electron chi connectivity index (χ2n) is 4.18. The van der Waals surface area contributed by atoms with Crippen molar-refractivity contribution in [3.8, 4) is 0 Å². The lowest BCUT2D eigenvalue weighted by Gasteiger charge is -1.95. The van der Waals surface area contributed by atoms with Crippen LogP contribution in [0.1, 0.15) is 11.4 Å². The number of rotatable bonds is 2. The standard InChI is InChI=1S/C12H13N5/c1-8-2-3-10-11(4-8)16-12(15-10)7-17-6-9(13)5-14-17/h2-6H,7,13H2,1H3,(H,15,16). The van der Waals surface area contributed by atoms with Crippen molar-refractivity contribution >= 4 is 16.7 Å². The van der Waals surface area contributed by atoms with Crippen LogP contribution in [0.2, 0.25) is 0 Å². The number of hydrogen-bond acceptors (Lipinski definition) is 3. The molecule has 86 valence electrons. The van der Waals surface area contributed by atoms with Crippen LogP contribution in [0.4, 0.5) is 5.69 Å². The monoisotopic (exact) mass is 227 g/mol. The fourth-order valence-corrected chi connectivity index (χ4v) is 1.87. The summed E-state index contributed by atoms with van der Waals surface area (Å²) in [6.45, 7) is 2.67. The molecular formula is C12H13N5. The summed E-state index contributed by atoms with van der Waals surface area (Å²) in [6.07, 6.45) is 3.42. The number of H-pyrrole nitrogens is 1. The molecule has 0 aliphatic carbocycles. The number of nitrogens with one attached hydrogen (secondary N) is 1. The average Bonchev–Trinajstić information content (AvgIpc) is 2.84. The average molecular weight is 227 g/mol. The van der Waals surface area contributed by atoms with Crippen molar-refractivity contribution in [2.45, 2.75) is 13.5 Å². The Morgan fingerprint density at radius 2 is 2.29 bits per heavy atom. The summed E-state index contributed by atoms with van der Waals surface area (Å²) in [7, 11) is 0. The van der Waals surface area contributed by atoms with Crippen molar-refractivity contribution < 1.29 is 0 Å². The molecule has 0 unspecified atom stereocenters. The third kappa shape index (κ3) is 1.87. The summed E-state index contributed by atoms with van der Waals surface area (Å²) in [5.41, 5.74) is 9.53. The van der Waals surface area contributed by atoms with Crippen molar-refractivity contribution in [1.82, 2.24) is 19.7 Å². The van der Waals surface area contributed by atoms with E-state index in [1.165, 1.54) is 5.56 Å². The minimum absolute atomic E-state index is 0.602. The van der Waals surface area contributed by atoms with Crippen LogP contribution < -0.4 is 5.73 Å². The lowest BCUT2D eigenvalue weighted by atomic mass is 10.2. The molecule has 0 atom stereocenters. The zero-order chi connectivity index (χ0) is 11.8. The fourth-order valence-electron chi connectivity index (χ4n) is 1.87. The quantitative estimate of drug-likeness (QED) is 0.699. The molecule has 5 heteroatoms. The Labute approximate surface area is 98.3 Å². The predicted octanol–water partition coefficient (Wildman–Crippen LogP) is 1.70. The van der Waals surface area contributed by atoms with E-state index in [1.807, 2.05) is 6.07 Å². The number of nitrogens with two attached hydrogens (primary N) is 1. The lowest BCUT2D eigenvalue weighted by Crippen LogP contribution is -2.01. The lowest BCUT2D eigenvalue weighted by molar-refractivity contribution is 0.663. The Bertz CT molecular complexity index is 664. The third-order valence-electron chi connectivity index (χ3n) is 2.65. The van der Waals surface area contributed by atoms with Crippen LogP contribution in [0.5, 0.6) is 0 Å². The van der Waals surface area contributed by atoms with Gasteiger partial charge in [0.15, 0.2) is 0 Å². The summed E-state index contributed by atoms with van der Waals surface area (Å²) in [5, 5.41) is 4.13. The second kappa shape index (κ2) is 3.62. The number of aromatic amines is 1. The summed E-state index contributed by atoms with van der Waals surface area (Å²) in [5.74, 6) is 0.883. The maximum absolute atomic E-state index is 5.61. The molecule has 3 N–H and O–H groups in total. The van der Waals surface area contributed by atoms with Crippen molar-refractivity contribution in [2.24, 2.45) is 0 Å². The number of anilines is 1. The van der Waals surface area contributed by atoms with Gasteiger partial charge in [-0.3, -0.25) is 4.68 Å². The van der Waals surface area contributed by atoms with Crippen molar-refractivity contribution in [2.75, 3.05) is 5.73 Å². The Morgan fingerprint density at radius 3 is 3.06 bits per heavy atom. The predicted molar refractivity (Wildman–Crippen MR) is 66.6 cm³/mol. The van der Waals surface area contributed by atoms with Gasteiger partial charge in [-0.2, -0.15) is 5.10 Å². The summed E-state index contributed by atoms with van der Waals surface area (Å²) in [4.78, 5) is 7.78. The number of hydrogen-bond donors (Lipinski definition) is 2.